The number of aliphatic carboxylic acids is 1. The molecule has 1 aromatic rings. The van der Waals surface area contributed by atoms with E-state index >= 15 is 0 Å². The van der Waals surface area contributed by atoms with Gasteiger partial charge in [-0.3, -0.25) is 9.59 Å². The number of amides is 2. The van der Waals surface area contributed by atoms with Crippen molar-refractivity contribution >= 4 is 18.0 Å². The van der Waals surface area contributed by atoms with Crippen LogP contribution < -0.4 is 0 Å². The fourth-order valence-corrected chi connectivity index (χ4v) is 2.47. The molecule has 1 unspecified atom stereocenters. The van der Waals surface area contributed by atoms with E-state index in [1.54, 1.807) is 6.92 Å². The molecule has 0 aromatic heterocycles. The van der Waals surface area contributed by atoms with E-state index in [9.17, 15) is 14.4 Å². The summed E-state index contributed by atoms with van der Waals surface area (Å²) in [6.45, 7) is 1.81. The molecule has 0 saturated carbocycles. The molecule has 0 aliphatic carbocycles. The number of benzene rings is 1. The van der Waals surface area contributed by atoms with Gasteiger partial charge in [0, 0.05) is 12.3 Å². The number of rotatable bonds is 6. The van der Waals surface area contributed by atoms with Crippen LogP contribution in [0.4, 0.5) is 4.79 Å². The molecule has 2 rings (SSSR count). The van der Waals surface area contributed by atoms with E-state index in [2.05, 4.69) is 0 Å². The SMILES string of the molecule is CC(CCC(=O)O)C(=O)N1C(=O)OC[C@H]1Cc1ccccc1. The summed E-state index contributed by atoms with van der Waals surface area (Å²) in [7, 11) is 0. The van der Waals surface area contributed by atoms with Gasteiger partial charge in [0.15, 0.2) is 0 Å². The van der Waals surface area contributed by atoms with Crippen LogP contribution in [-0.2, 0) is 20.7 Å². The smallest absolute Gasteiger partial charge is 0.416 e. The second-order valence-electron chi connectivity index (χ2n) is 5.46. The standard InChI is InChI=1S/C16H19NO5/c1-11(7-8-14(18)19)15(20)17-13(10-22-16(17)21)9-12-5-3-2-4-6-12/h2-6,11,13H,7-10H2,1H3,(H,18,19)/t11?,13-/m1/s1. The first-order valence-corrected chi connectivity index (χ1v) is 7.24. The van der Waals surface area contributed by atoms with Crippen molar-refractivity contribution in [1.82, 2.24) is 4.90 Å². The molecule has 0 spiro atoms. The molecule has 118 valence electrons. The topological polar surface area (TPSA) is 83.9 Å². The highest BCUT2D eigenvalue weighted by Crippen LogP contribution is 2.21. The number of imide groups is 1. The normalized spacial score (nSPS) is 18.9. The molecule has 0 radical (unpaired) electrons. The molecule has 0 bridgehead atoms. The lowest BCUT2D eigenvalue weighted by Crippen LogP contribution is -2.43. The van der Waals surface area contributed by atoms with Crippen molar-refractivity contribution in [1.29, 1.82) is 0 Å². The van der Waals surface area contributed by atoms with Crippen LogP contribution >= 0.6 is 0 Å². The summed E-state index contributed by atoms with van der Waals surface area (Å²) >= 11 is 0. The van der Waals surface area contributed by atoms with E-state index < -0.39 is 18.0 Å². The number of hydrogen-bond donors (Lipinski definition) is 1. The van der Waals surface area contributed by atoms with Gasteiger partial charge in [0.25, 0.3) is 0 Å². The molecular formula is C16H19NO5. The van der Waals surface area contributed by atoms with Gasteiger partial charge in [-0.15, -0.1) is 0 Å². The quantitative estimate of drug-likeness (QED) is 0.870. The Labute approximate surface area is 128 Å². The van der Waals surface area contributed by atoms with Gasteiger partial charge in [0.05, 0.1) is 6.04 Å². The Kier molecular flexibility index (Phi) is 5.14. The molecule has 1 N–H and O–H groups in total. The number of carbonyl (C=O) groups is 3. The summed E-state index contributed by atoms with van der Waals surface area (Å²) in [4.78, 5) is 36.0. The number of nitrogens with zero attached hydrogens (tertiary/aromatic N) is 1. The van der Waals surface area contributed by atoms with Crippen LogP contribution in [0.1, 0.15) is 25.3 Å². The van der Waals surface area contributed by atoms with Gasteiger partial charge in [-0.2, -0.15) is 0 Å². The van der Waals surface area contributed by atoms with E-state index in [0.29, 0.717) is 6.42 Å². The third-order valence-corrected chi connectivity index (χ3v) is 3.73. The Hall–Kier alpha value is -2.37. The lowest BCUT2D eigenvalue weighted by Gasteiger charge is -2.22. The Balaban J connectivity index is 2.04. The molecular weight excluding hydrogens is 286 g/mol. The summed E-state index contributed by atoms with van der Waals surface area (Å²) < 4.78 is 5.00. The lowest BCUT2D eigenvalue weighted by atomic mass is 10.0. The zero-order valence-corrected chi connectivity index (χ0v) is 12.4. The van der Waals surface area contributed by atoms with Crippen LogP contribution in [0.2, 0.25) is 0 Å². The van der Waals surface area contributed by atoms with E-state index in [4.69, 9.17) is 9.84 Å². The number of carbonyl (C=O) groups excluding carboxylic acids is 2. The molecule has 2 atom stereocenters. The van der Waals surface area contributed by atoms with Crippen molar-refractivity contribution in [2.24, 2.45) is 5.92 Å². The summed E-state index contributed by atoms with van der Waals surface area (Å²) in [5, 5.41) is 8.69. The number of carboxylic acids is 1. The van der Waals surface area contributed by atoms with Crippen molar-refractivity contribution in [2.75, 3.05) is 6.61 Å². The number of carboxylic acid groups (broad SMARTS) is 1. The van der Waals surface area contributed by atoms with Crippen LogP contribution in [0.25, 0.3) is 0 Å². The highest BCUT2D eigenvalue weighted by Gasteiger charge is 2.39. The fraction of sp³-hybridized carbons (Fsp3) is 0.438. The van der Waals surface area contributed by atoms with E-state index in [0.717, 1.165) is 10.5 Å². The maximum atomic E-state index is 12.4. The van der Waals surface area contributed by atoms with E-state index in [-0.39, 0.29) is 31.4 Å². The fourth-order valence-electron chi connectivity index (χ4n) is 2.47. The van der Waals surface area contributed by atoms with Crippen molar-refractivity contribution in [3.63, 3.8) is 0 Å². The highest BCUT2D eigenvalue weighted by atomic mass is 16.6. The Morgan fingerprint density at radius 3 is 2.68 bits per heavy atom. The molecule has 2 amide bonds. The number of cyclic esters (lactones) is 1. The number of hydrogen-bond acceptors (Lipinski definition) is 4. The maximum absolute atomic E-state index is 12.4. The average molecular weight is 305 g/mol. The summed E-state index contributed by atoms with van der Waals surface area (Å²) in [6, 6.07) is 9.22. The predicted molar refractivity (Wildman–Crippen MR) is 78.2 cm³/mol. The molecule has 1 aromatic carbocycles. The third-order valence-electron chi connectivity index (χ3n) is 3.73. The molecule has 1 fully saturated rings. The van der Waals surface area contributed by atoms with Gasteiger partial charge in [-0.05, 0) is 18.4 Å². The molecule has 1 aliphatic rings. The first-order valence-electron chi connectivity index (χ1n) is 7.24. The van der Waals surface area contributed by atoms with Crippen molar-refractivity contribution < 1.29 is 24.2 Å². The van der Waals surface area contributed by atoms with Crippen LogP contribution in [0.5, 0.6) is 0 Å². The van der Waals surface area contributed by atoms with Gasteiger partial charge in [0.1, 0.15) is 6.61 Å². The number of ether oxygens (including phenoxy) is 1. The second-order valence-corrected chi connectivity index (χ2v) is 5.46. The first kappa shape index (κ1) is 16.0. The van der Waals surface area contributed by atoms with Crippen molar-refractivity contribution in [3.8, 4) is 0 Å². The van der Waals surface area contributed by atoms with Gasteiger partial charge < -0.3 is 9.84 Å². The summed E-state index contributed by atoms with van der Waals surface area (Å²) in [6.07, 6.45) is -0.00726. The van der Waals surface area contributed by atoms with Gasteiger partial charge in [-0.1, -0.05) is 37.3 Å². The molecule has 1 heterocycles. The maximum Gasteiger partial charge on any atom is 0.416 e. The van der Waals surface area contributed by atoms with Crippen LogP contribution in [-0.4, -0.2) is 40.6 Å². The Bertz CT molecular complexity index is 557. The van der Waals surface area contributed by atoms with Gasteiger partial charge in [-0.25, -0.2) is 9.69 Å². The van der Waals surface area contributed by atoms with E-state index in [1.165, 1.54) is 0 Å². The summed E-state index contributed by atoms with van der Waals surface area (Å²) in [5.41, 5.74) is 1.02. The average Bonchev–Trinajstić information content (AvgIpc) is 2.85. The molecule has 6 heteroatoms. The molecule has 1 aliphatic heterocycles. The van der Waals surface area contributed by atoms with Crippen LogP contribution in [0.15, 0.2) is 30.3 Å². The summed E-state index contributed by atoms with van der Waals surface area (Å²) in [5.74, 6) is -1.85. The van der Waals surface area contributed by atoms with Crippen molar-refractivity contribution in [2.45, 2.75) is 32.2 Å². The third kappa shape index (κ3) is 3.84. The first-order chi connectivity index (χ1) is 10.5. The Morgan fingerprint density at radius 2 is 2.05 bits per heavy atom. The molecule has 6 nitrogen and oxygen atoms in total. The molecule has 22 heavy (non-hydrogen) atoms. The highest BCUT2D eigenvalue weighted by molar-refractivity contribution is 5.94. The molecule has 1 saturated heterocycles. The van der Waals surface area contributed by atoms with Crippen LogP contribution in [0.3, 0.4) is 0 Å². The zero-order chi connectivity index (χ0) is 16.1. The van der Waals surface area contributed by atoms with E-state index in [1.807, 2.05) is 30.3 Å². The monoisotopic (exact) mass is 305 g/mol. The van der Waals surface area contributed by atoms with Crippen molar-refractivity contribution in [3.05, 3.63) is 35.9 Å². The minimum Gasteiger partial charge on any atom is -0.481 e. The van der Waals surface area contributed by atoms with Gasteiger partial charge in [0.2, 0.25) is 5.91 Å². The zero-order valence-electron chi connectivity index (χ0n) is 12.4. The predicted octanol–water partition coefficient (Wildman–Crippen LogP) is 2.08. The minimum atomic E-state index is -0.954. The largest absolute Gasteiger partial charge is 0.481 e. The van der Waals surface area contributed by atoms with Crippen LogP contribution in [0, 0.1) is 5.92 Å². The Morgan fingerprint density at radius 1 is 1.36 bits per heavy atom. The minimum absolute atomic E-state index is 0.0981. The lowest BCUT2D eigenvalue weighted by molar-refractivity contribution is -0.138. The second kappa shape index (κ2) is 7.06. The van der Waals surface area contributed by atoms with Gasteiger partial charge >= 0.3 is 12.1 Å².